The van der Waals surface area contributed by atoms with E-state index in [1.54, 1.807) is 18.0 Å². The van der Waals surface area contributed by atoms with Crippen LogP contribution in [0.5, 0.6) is 0 Å². The first kappa shape index (κ1) is 17.8. The summed E-state index contributed by atoms with van der Waals surface area (Å²) in [4.78, 5) is 20.6. The molecule has 0 spiro atoms. The van der Waals surface area contributed by atoms with E-state index in [9.17, 15) is 10.1 Å². The number of piperazine rings is 1. The fourth-order valence-electron chi connectivity index (χ4n) is 2.74. The molecule has 5 nitrogen and oxygen atoms in total. The lowest BCUT2D eigenvalue weighted by molar-refractivity contribution is -0.132. The van der Waals surface area contributed by atoms with Crippen LogP contribution < -0.4 is 0 Å². The van der Waals surface area contributed by atoms with Crippen LogP contribution in [0, 0.1) is 17.2 Å². The van der Waals surface area contributed by atoms with Gasteiger partial charge in [0, 0.05) is 44.5 Å². The molecule has 1 aliphatic rings. The first-order chi connectivity index (χ1) is 11.1. The number of pyridine rings is 1. The predicted octanol–water partition coefficient (Wildman–Crippen LogP) is 2.26. The number of thioether (sulfide) groups is 1. The molecule has 1 atom stereocenters. The second-order valence-electron chi connectivity index (χ2n) is 6.00. The number of hydrogen-bond acceptors (Lipinski definition) is 5. The van der Waals surface area contributed by atoms with E-state index in [-0.39, 0.29) is 11.9 Å². The van der Waals surface area contributed by atoms with Crippen molar-refractivity contribution in [1.29, 1.82) is 5.26 Å². The third-order valence-corrected chi connectivity index (χ3v) is 4.97. The molecule has 0 aromatic carbocycles. The SMILES string of the molecule is CC(C)[C@H](C#N)N1CCN(C(=O)CCSc2ccccn2)CC1. The second kappa shape index (κ2) is 8.90. The van der Waals surface area contributed by atoms with E-state index in [0.29, 0.717) is 12.3 Å². The van der Waals surface area contributed by atoms with Crippen molar-refractivity contribution in [3.05, 3.63) is 24.4 Å². The van der Waals surface area contributed by atoms with Crippen LogP contribution in [0.3, 0.4) is 0 Å². The minimum Gasteiger partial charge on any atom is -0.340 e. The Morgan fingerprint density at radius 3 is 2.65 bits per heavy atom. The van der Waals surface area contributed by atoms with Gasteiger partial charge in [-0.2, -0.15) is 5.26 Å². The molecule has 2 heterocycles. The highest BCUT2D eigenvalue weighted by Crippen LogP contribution is 2.17. The maximum absolute atomic E-state index is 12.3. The van der Waals surface area contributed by atoms with Gasteiger partial charge in [0.25, 0.3) is 0 Å². The van der Waals surface area contributed by atoms with Gasteiger partial charge in [-0.25, -0.2) is 4.98 Å². The molecule has 1 saturated heterocycles. The number of rotatable bonds is 6. The molecular formula is C17H24N4OS. The van der Waals surface area contributed by atoms with Crippen molar-refractivity contribution in [3.8, 4) is 6.07 Å². The molecule has 23 heavy (non-hydrogen) atoms. The molecule has 0 radical (unpaired) electrons. The molecule has 1 aliphatic heterocycles. The molecule has 0 aliphatic carbocycles. The smallest absolute Gasteiger partial charge is 0.223 e. The Balaban J connectivity index is 1.72. The summed E-state index contributed by atoms with van der Waals surface area (Å²) in [5, 5.41) is 10.2. The number of aromatic nitrogens is 1. The highest BCUT2D eigenvalue weighted by molar-refractivity contribution is 7.99. The van der Waals surface area contributed by atoms with Gasteiger partial charge in [-0.3, -0.25) is 9.69 Å². The van der Waals surface area contributed by atoms with Crippen molar-refractivity contribution >= 4 is 17.7 Å². The average molecular weight is 332 g/mol. The summed E-state index contributed by atoms with van der Waals surface area (Å²) in [5.74, 6) is 1.27. The number of carbonyl (C=O) groups excluding carboxylic acids is 1. The number of amides is 1. The van der Waals surface area contributed by atoms with Gasteiger partial charge in [0.05, 0.1) is 11.1 Å². The van der Waals surface area contributed by atoms with Gasteiger partial charge in [0.1, 0.15) is 6.04 Å². The predicted molar refractivity (Wildman–Crippen MR) is 92.0 cm³/mol. The Bertz CT molecular complexity index is 535. The van der Waals surface area contributed by atoms with Gasteiger partial charge >= 0.3 is 0 Å². The summed E-state index contributed by atoms with van der Waals surface area (Å²) >= 11 is 1.61. The molecule has 1 aromatic heterocycles. The normalized spacial score (nSPS) is 17.0. The van der Waals surface area contributed by atoms with Crippen molar-refractivity contribution in [3.63, 3.8) is 0 Å². The summed E-state index contributed by atoms with van der Waals surface area (Å²) in [6, 6.07) is 8.14. The maximum atomic E-state index is 12.3. The van der Waals surface area contributed by atoms with E-state index in [4.69, 9.17) is 0 Å². The minimum absolute atomic E-state index is 0.0491. The largest absolute Gasteiger partial charge is 0.340 e. The van der Waals surface area contributed by atoms with Crippen LogP contribution in [0.2, 0.25) is 0 Å². The molecule has 124 valence electrons. The lowest BCUT2D eigenvalue weighted by atomic mass is 10.0. The fraction of sp³-hybridized carbons (Fsp3) is 0.588. The maximum Gasteiger partial charge on any atom is 0.223 e. The van der Waals surface area contributed by atoms with E-state index < -0.39 is 0 Å². The van der Waals surface area contributed by atoms with Crippen LogP contribution in [0.1, 0.15) is 20.3 Å². The Hall–Kier alpha value is -1.58. The molecule has 6 heteroatoms. The molecule has 2 rings (SSSR count). The van der Waals surface area contributed by atoms with Crippen molar-refractivity contribution in [1.82, 2.24) is 14.8 Å². The van der Waals surface area contributed by atoms with Crippen molar-refractivity contribution in [2.45, 2.75) is 31.3 Å². The molecule has 1 amide bonds. The number of hydrogen-bond donors (Lipinski definition) is 0. The topological polar surface area (TPSA) is 60.2 Å². The first-order valence-corrected chi connectivity index (χ1v) is 9.05. The summed E-state index contributed by atoms with van der Waals surface area (Å²) in [5.41, 5.74) is 0. The average Bonchev–Trinajstić information content (AvgIpc) is 2.56. The highest BCUT2D eigenvalue weighted by Gasteiger charge is 2.27. The van der Waals surface area contributed by atoms with Gasteiger partial charge in [0.15, 0.2) is 0 Å². The lowest BCUT2D eigenvalue weighted by Gasteiger charge is -2.38. The quantitative estimate of drug-likeness (QED) is 0.748. The van der Waals surface area contributed by atoms with Gasteiger partial charge in [0.2, 0.25) is 5.91 Å². The Kier molecular flexibility index (Phi) is 6.87. The summed E-state index contributed by atoms with van der Waals surface area (Å²) < 4.78 is 0. The Labute approximate surface area is 142 Å². The van der Waals surface area contributed by atoms with E-state index in [2.05, 4.69) is 29.8 Å². The Morgan fingerprint density at radius 2 is 2.09 bits per heavy atom. The van der Waals surface area contributed by atoms with Crippen LogP contribution in [-0.2, 0) is 4.79 Å². The van der Waals surface area contributed by atoms with E-state index in [1.165, 1.54) is 0 Å². The molecule has 0 unspecified atom stereocenters. The van der Waals surface area contributed by atoms with E-state index >= 15 is 0 Å². The Morgan fingerprint density at radius 1 is 1.35 bits per heavy atom. The zero-order valence-corrected chi connectivity index (χ0v) is 14.6. The van der Waals surface area contributed by atoms with Gasteiger partial charge in [-0.05, 0) is 18.1 Å². The summed E-state index contributed by atoms with van der Waals surface area (Å²) in [7, 11) is 0. The summed E-state index contributed by atoms with van der Waals surface area (Å²) in [6.45, 7) is 7.15. The van der Waals surface area contributed by atoms with Crippen molar-refractivity contribution in [2.75, 3.05) is 31.9 Å². The monoisotopic (exact) mass is 332 g/mol. The first-order valence-electron chi connectivity index (χ1n) is 8.07. The molecule has 1 fully saturated rings. The van der Waals surface area contributed by atoms with E-state index in [0.717, 1.165) is 37.0 Å². The van der Waals surface area contributed by atoms with Crippen LogP contribution in [0.15, 0.2) is 29.4 Å². The molecule has 1 aromatic rings. The highest BCUT2D eigenvalue weighted by atomic mass is 32.2. The lowest BCUT2D eigenvalue weighted by Crippen LogP contribution is -2.52. The molecule has 0 bridgehead atoms. The fourth-order valence-corrected chi connectivity index (χ4v) is 3.53. The zero-order valence-electron chi connectivity index (χ0n) is 13.8. The van der Waals surface area contributed by atoms with E-state index in [1.807, 2.05) is 23.1 Å². The van der Waals surface area contributed by atoms with Gasteiger partial charge in [-0.15, -0.1) is 11.8 Å². The third-order valence-electron chi connectivity index (χ3n) is 4.03. The zero-order chi connectivity index (χ0) is 16.7. The second-order valence-corrected chi connectivity index (χ2v) is 7.12. The third kappa shape index (κ3) is 5.22. The summed E-state index contributed by atoms with van der Waals surface area (Å²) in [6.07, 6.45) is 2.30. The van der Waals surface area contributed by atoms with Gasteiger partial charge < -0.3 is 4.90 Å². The van der Waals surface area contributed by atoms with Crippen LogP contribution in [-0.4, -0.2) is 58.7 Å². The number of nitriles is 1. The van der Waals surface area contributed by atoms with Crippen LogP contribution in [0.25, 0.3) is 0 Å². The number of carbonyl (C=O) groups is 1. The molecule has 0 saturated carbocycles. The molecular weight excluding hydrogens is 308 g/mol. The van der Waals surface area contributed by atoms with Crippen LogP contribution in [0.4, 0.5) is 0 Å². The minimum atomic E-state index is -0.0491. The molecule has 0 N–H and O–H groups in total. The van der Waals surface area contributed by atoms with Gasteiger partial charge in [-0.1, -0.05) is 19.9 Å². The number of nitrogens with zero attached hydrogens (tertiary/aromatic N) is 4. The van der Waals surface area contributed by atoms with Crippen molar-refractivity contribution < 1.29 is 4.79 Å². The standard InChI is InChI=1S/C17H24N4OS/c1-14(2)15(13-18)20-8-10-21(11-9-20)17(22)6-12-23-16-5-3-4-7-19-16/h3-5,7,14-15H,6,8-12H2,1-2H3/t15-/m0/s1. The van der Waals surface area contributed by atoms with Crippen LogP contribution >= 0.6 is 11.8 Å². The van der Waals surface area contributed by atoms with Crippen molar-refractivity contribution in [2.24, 2.45) is 5.92 Å².